The topological polar surface area (TPSA) is 58.4 Å². The SMILES string of the molecule is O=C(NC1CN2CCC1C2)c1cc2ccoc2c(Cl)n1. The monoisotopic (exact) mass is 291 g/mol. The van der Waals surface area contributed by atoms with E-state index >= 15 is 0 Å². The second-order valence-corrected chi connectivity index (χ2v) is 5.88. The fourth-order valence-electron chi connectivity index (χ4n) is 3.24. The molecular formula is C14H14ClN3O2. The second-order valence-electron chi connectivity index (χ2n) is 5.53. The fraction of sp³-hybridized carbons (Fsp3) is 0.429. The Labute approximate surface area is 120 Å². The lowest BCUT2D eigenvalue weighted by molar-refractivity contribution is 0.0919. The summed E-state index contributed by atoms with van der Waals surface area (Å²) in [5, 5.41) is 4.11. The number of furan rings is 1. The van der Waals surface area contributed by atoms with Crippen molar-refractivity contribution in [2.45, 2.75) is 12.5 Å². The number of carbonyl (C=O) groups is 1. The number of carbonyl (C=O) groups excluding carboxylic acids is 1. The molecule has 2 aliphatic heterocycles. The number of pyridine rings is 1. The van der Waals surface area contributed by atoms with E-state index in [0.29, 0.717) is 17.2 Å². The van der Waals surface area contributed by atoms with Gasteiger partial charge in [0.1, 0.15) is 5.69 Å². The lowest BCUT2D eigenvalue weighted by Crippen LogP contribution is -2.43. The molecule has 2 aromatic heterocycles. The zero-order valence-corrected chi connectivity index (χ0v) is 11.6. The zero-order chi connectivity index (χ0) is 13.7. The maximum Gasteiger partial charge on any atom is 0.270 e. The van der Waals surface area contributed by atoms with Gasteiger partial charge in [0.25, 0.3) is 5.91 Å². The van der Waals surface area contributed by atoms with Crippen LogP contribution in [0.1, 0.15) is 16.9 Å². The standard InChI is InChI=1S/C14H14ClN3O2/c15-13-12-8(2-4-20-12)5-10(16-13)14(19)17-11-7-18-3-1-9(11)6-18/h2,4-5,9,11H,1,3,6-7H2,(H,17,19). The smallest absolute Gasteiger partial charge is 0.270 e. The van der Waals surface area contributed by atoms with Gasteiger partial charge in [0, 0.05) is 24.5 Å². The average Bonchev–Trinajstić information content (AvgIpc) is 3.13. The lowest BCUT2D eigenvalue weighted by Gasteiger charge is -2.22. The van der Waals surface area contributed by atoms with Crippen LogP contribution in [0.2, 0.25) is 5.15 Å². The van der Waals surface area contributed by atoms with Crippen molar-refractivity contribution in [3.8, 4) is 0 Å². The Hall–Kier alpha value is -1.59. The number of aromatic nitrogens is 1. The van der Waals surface area contributed by atoms with E-state index in [4.69, 9.17) is 16.0 Å². The zero-order valence-electron chi connectivity index (χ0n) is 10.8. The molecule has 4 heterocycles. The summed E-state index contributed by atoms with van der Waals surface area (Å²) in [5.74, 6) is 0.417. The van der Waals surface area contributed by atoms with Crippen molar-refractivity contribution in [1.82, 2.24) is 15.2 Å². The first-order chi connectivity index (χ1) is 9.70. The summed E-state index contributed by atoms with van der Waals surface area (Å²) < 4.78 is 5.22. The maximum atomic E-state index is 12.3. The summed E-state index contributed by atoms with van der Waals surface area (Å²) >= 11 is 6.03. The van der Waals surface area contributed by atoms with E-state index in [-0.39, 0.29) is 17.1 Å². The molecule has 2 aliphatic rings. The molecule has 2 saturated heterocycles. The van der Waals surface area contributed by atoms with Crippen LogP contribution < -0.4 is 5.32 Å². The van der Waals surface area contributed by atoms with Crippen molar-refractivity contribution >= 4 is 28.5 Å². The van der Waals surface area contributed by atoms with E-state index in [9.17, 15) is 4.79 Å². The Morgan fingerprint density at radius 3 is 3.15 bits per heavy atom. The number of nitrogens with zero attached hydrogens (tertiary/aromatic N) is 2. The molecule has 0 aromatic carbocycles. The molecule has 3 atom stereocenters. The highest BCUT2D eigenvalue weighted by Gasteiger charge is 2.38. The van der Waals surface area contributed by atoms with Gasteiger partial charge in [0.05, 0.1) is 6.26 Å². The van der Waals surface area contributed by atoms with Crippen LogP contribution >= 0.6 is 11.6 Å². The van der Waals surface area contributed by atoms with E-state index in [1.165, 1.54) is 6.42 Å². The highest BCUT2D eigenvalue weighted by molar-refractivity contribution is 6.33. The Morgan fingerprint density at radius 2 is 2.40 bits per heavy atom. The summed E-state index contributed by atoms with van der Waals surface area (Å²) in [4.78, 5) is 18.8. The van der Waals surface area contributed by atoms with Gasteiger partial charge in [-0.15, -0.1) is 0 Å². The first-order valence-electron chi connectivity index (χ1n) is 6.77. The molecule has 0 radical (unpaired) electrons. The number of hydrogen-bond donors (Lipinski definition) is 1. The summed E-state index contributed by atoms with van der Waals surface area (Å²) in [6.45, 7) is 3.19. The molecule has 0 saturated carbocycles. The summed E-state index contributed by atoms with van der Waals surface area (Å²) in [5.41, 5.74) is 0.871. The van der Waals surface area contributed by atoms with Crippen LogP contribution in [-0.2, 0) is 0 Å². The molecule has 2 fully saturated rings. The largest absolute Gasteiger partial charge is 0.461 e. The number of halogens is 1. The van der Waals surface area contributed by atoms with Crippen LogP contribution in [0.15, 0.2) is 22.8 Å². The quantitative estimate of drug-likeness (QED) is 0.859. The normalized spacial score (nSPS) is 28.1. The lowest BCUT2D eigenvalue weighted by atomic mass is 10.00. The number of piperidine rings is 1. The van der Waals surface area contributed by atoms with Gasteiger partial charge < -0.3 is 14.6 Å². The number of amides is 1. The minimum Gasteiger partial charge on any atom is -0.461 e. The van der Waals surface area contributed by atoms with Crippen molar-refractivity contribution in [3.05, 3.63) is 29.2 Å². The van der Waals surface area contributed by atoms with E-state index < -0.39 is 0 Å². The Balaban J connectivity index is 1.57. The van der Waals surface area contributed by atoms with Crippen LogP contribution in [0.25, 0.3) is 11.0 Å². The minimum absolute atomic E-state index is 0.159. The van der Waals surface area contributed by atoms with Crippen molar-refractivity contribution < 1.29 is 9.21 Å². The Bertz CT molecular complexity index is 684. The van der Waals surface area contributed by atoms with Crippen molar-refractivity contribution in [2.75, 3.05) is 19.6 Å². The Morgan fingerprint density at radius 1 is 1.50 bits per heavy atom. The molecule has 2 aromatic rings. The highest BCUT2D eigenvalue weighted by atomic mass is 35.5. The van der Waals surface area contributed by atoms with Gasteiger partial charge in [-0.1, -0.05) is 11.6 Å². The fourth-order valence-corrected chi connectivity index (χ4v) is 3.49. The predicted molar refractivity (Wildman–Crippen MR) is 74.8 cm³/mol. The molecule has 1 N–H and O–H groups in total. The summed E-state index contributed by atoms with van der Waals surface area (Å²) in [6.07, 6.45) is 2.71. The molecule has 3 unspecified atom stereocenters. The third-order valence-corrected chi connectivity index (χ3v) is 4.53. The van der Waals surface area contributed by atoms with Crippen molar-refractivity contribution in [3.63, 3.8) is 0 Å². The third kappa shape index (κ3) is 1.89. The van der Waals surface area contributed by atoms with Crippen LogP contribution in [0, 0.1) is 5.92 Å². The molecule has 0 spiro atoms. The first-order valence-corrected chi connectivity index (χ1v) is 7.15. The highest BCUT2D eigenvalue weighted by Crippen LogP contribution is 2.28. The van der Waals surface area contributed by atoms with Crippen LogP contribution in [0.3, 0.4) is 0 Å². The molecule has 20 heavy (non-hydrogen) atoms. The number of hydrogen-bond acceptors (Lipinski definition) is 4. The van der Waals surface area contributed by atoms with Gasteiger partial charge in [0.15, 0.2) is 10.7 Å². The minimum atomic E-state index is -0.159. The van der Waals surface area contributed by atoms with Gasteiger partial charge in [-0.05, 0) is 31.0 Å². The van der Waals surface area contributed by atoms with E-state index in [2.05, 4.69) is 15.2 Å². The van der Waals surface area contributed by atoms with E-state index in [1.807, 2.05) is 0 Å². The van der Waals surface area contributed by atoms with Gasteiger partial charge in [-0.25, -0.2) is 4.98 Å². The average molecular weight is 292 g/mol. The number of nitrogens with one attached hydrogen (secondary N) is 1. The third-order valence-electron chi connectivity index (χ3n) is 4.28. The molecular weight excluding hydrogens is 278 g/mol. The molecule has 1 amide bonds. The first kappa shape index (κ1) is 12.2. The second kappa shape index (κ2) is 4.46. The van der Waals surface area contributed by atoms with Gasteiger partial charge in [-0.3, -0.25) is 4.79 Å². The van der Waals surface area contributed by atoms with Crippen LogP contribution in [0.5, 0.6) is 0 Å². The van der Waals surface area contributed by atoms with Crippen molar-refractivity contribution in [1.29, 1.82) is 0 Å². The van der Waals surface area contributed by atoms with Gasteiger partial charge in [0.2, 0.25) is 0 Å². The molecule has 0 aliphatic carbocycles. The number of fused-ring (bicyclic) bond motifs is 3. The van der Waals surface area contributed by atoms with E-state index in [1.54, 1.807) is 18.4 Å². The molecule has 6 heteroatoms. The molecule has 4 rings (SSSR count). The van der Waals surface area contributed by atoms with Crippen LogP contribution in [0.4, 0.5) is 0 Å². The number of rotatable bonds is 2. The summed E-state index contributed by atoms with van der Waals surface area (Å²) in [7, 11) is 0. The maximum absolute atomic E-state index is 12.3. The van der Waals surface area contributed by atoms with Gasteiger partial charge in [-0.2, -0.15) is 0 Å². The van der Waals surface area contributed by atoms with Crippen LogP contribution in [-0.4, -0.2) is 41.5 Å². The van der Waals surface area contributed by atoms with Crippen molar-refractivity contribution in [2.24, 2.45) is 5.92 Å². The van der Waals surface area contributed by atoms with E-state index in [0.717, 1.165) is 25.0 Å². The summed E-state index contributed by atoms with van der Waals surface area (Å²) in [6, 6.07) is 3.73. The predicted octanol–water partition coefficient (Wildman–Crippen LogP) is 1.92. The van der Waals surface area contributed by atoms with Gasteiger partial charge >= 0.3 is 0 Å². The molecule has 104 valence electrons. The Kier molecular flexibility index (Phi) is 2.72. The molecule has 2 bridgehead atoms. The molecule has 5 nitrogen and oxygen atoms in total.